The normalized spacial score (nSPS) is 11.0. The number of anilines is 2. The van der Waals surface area contributed by atoms with Crippen LogP contribution in [0, 0.1) is 27.7 Å². The van der Waals surface area contributed by atoms with Gasteiger partial charge in [0.05, 0.1) is 0 Å². The van der Waals surface area contributed by atoms with Crippen LogP contribution in [0.15, 0.2) is 121 Å². The first-order chi connectivity index (χ1) is 20.3. The van der Waals surface area contributed by atoms with Gasteiger partial charge in [0.2, 0.25) is 0 Å². The lowest BCUT2D eigenvalue weighted by atomic mass is 9.87. The summed E-state index contributed by atoms with van der Waals surface area (Å²) in [5.41, 5.74) is 30.9. The summed E-state index contributed by atoms with van der Waals surface area (Å²) < 4.78 is 0. The van der Waals surface area contributed by atoms with Crippen LogP contribution in [0.25, 0.3) is 55.6 Å². The fourth-order valence-electron chi connectivity index (χ4n) is 5.56. The molecule has 2 heteroatoms. The number of rotatable bonds is 5. The molecule has 0 amide bonds. The van der Waals surface area contributed by atoms with Crippen molar-refractivity contribution in [2.45, 2.75) is 27.7 Å². The van der Waals surface area contributed by atoms with Crippen molar-refractivity contribution in [1.82, 2.24) is 0 Å². The molecule has 0 fully saturated rings. The van der Waals surface area contributed by atoms with Crippen LogP contribution >= 0.6 is 0 Å². The largest absolute Gasteiger partial charge is 0.398 e. The Morgan fingerprint density at radius 1 is 0.310 bits per heavy atom. The van der Waals surface area contributed by atoms with Crippen molar-refractivity contribution < 1.29 is 0 Å². The molecule has 0 saturated carbocycles. The average Bonchev–Trinajstić information content (AvgIpc) is 2.99. The molecule has 0 aromatic heterocycles. The van der Waals surface area contributed by atoms with E-state index in [-0.39, 0.29) is 0 Å². The second kappa shape index (κ2) is 11.1. The Bertz CT molecular complexity index is 1810. The van der Waals surface area contributed by atoms with Crippen LogP contribution < -0.4 is 11.5 Å². The lowest BCUT2D eigenvalue weighted by molar-refractivity contribution is 1.45. The zero-order chi connectivity index (χ0) is 29.4. The lowest BCUT2D eigenvalue weighted by Gasteiger charge is -2.20. The van der Waals surface area contributed by atoms with Gasteiger partial charge in [0.15, 0.2) is 0 Å². The minimum absolute atomic E-state index is 0.683. The Balaban J connectivity index is 1.64. The molecule has 42 heavy (non-hydrogen) atoms. The first kappa shape index (κ1) is 27.1. The molecule has 0 aliphatic rings. The van der Waals surface area contributed by atoms with Gasteiger partial charge >= 0.3 is 0 Å². The van der Waals surface area contributed by atoms with Crippen molar-refractivity contribution in [1.29, 1.82) is 0 Å². The van der Waals surface area contributed by atoms with E-state index in [0.717, 1.165) is 44.5 Å². The van der Waals surface area contributed by atoms with Crippen molar-refractivity contribution in [2.75, 3.05) is 11.5 Å². The molecule has 0 heterocycles. The number of hydrogen-bond acceptors (Lipinski definition) is 2. The second-order valence-corrected chi connectivity index (χ2v) is 11.4. The standard InChI is InChI=1S/C40H36N2/c1-25-5-13-29(14-6-25)33-21-34(30-15-7-26(2)8-16-30)23-35(22-33)37-24-36(31-17-9-27(3)10-18-31)39(41)38(40(37)42)32-19-11-28(4)12-20-32/h5-24H,41-42H2,1-4H3. The lowest BCUT2D eigenvalue weighted by Crippen LogP contribution is -2.02. The summed E-state index contributed by atoms with van der Waals surface area (Å²) in [6, 6.07) is 43.3. The monoisotopic (exact) mass is 544 g/mol. The average molecular weight is 545 g/mol. The molecule has 0 atom stereocenters. The second-order valence-electron chi connectivity index (χ2n) is 11.4. The molecular weight excluding hydrogens is 508 g/mol. The molecule has 6 rings (SSSR count). The minimum Gasteiger partial charge on any atom is -0.398 e. The van der Waals surface area contributed by atoms with E-state index in [9.17, 15) is 0 Å². The third-order valence-electron chi connectivity index (χ3n) is 8.12. The SMILES string of the molecule is Cc1ccc(-c2cc(-c3ccc(C)cc3)cc(-c3cc(-c4ccc(C)cc4)c(N)c(-c4ccc(C)cc4)c3N)c2)cc1. The molecule has 0 bridgehead atoms. The van der Waals surface area contributed by atoms with Gasteiger partial charge in [-0.05, 0) is 90.9 Å². The quantitative estimate of drug-likeness (QED) is 0.212. The van der Waals surface area contributed by atoms with Crippen molar-refractivity contribution in [3.05, 3.63) is 144 Å². The molecule has 0 radical (unpaired) electrons. The third kappa shape index (κ3) is 5.32. The molecular formula is C40H36N2. The van der Waals surface area contributed by atoms with Crippen molar-refractivity contribution in [3.8, 4) is 55.6 Å². The molecule has 4 N–H and O–H groups in total. The van der Waals surface area contributed by atoms with Crippen molar-refractivity contribution in [2.24, 2.45) is 0 Å². The maximum atomic E-state index is 7.09. The molecule has 2 nitrogen and oxygen atoms in total. The van der Waals surface area contributed by atoms with Crippen LogP contribution in [-0.4, -0.2) is 0 Å². The van der Waals surface area contributed by atoms with Gasteiger partial charge in [0, 0.05) is 28.1 Å². The summed E-state index contributed by atoms with van der Waals surface area (Å²) in [4.78, 5) is 0. The molecule has 6 aromatic rings. The highest BCUT2D eigenvalue weighted by Gasteiger charge is 2.19. The predicted molar refractivity (Wildman–Crippen MR) is 181 cm³/mol. The van der Waals surface area contributed by atoms with Crippen LogP contribution in [-0.2, 0) is 0 Å². The maximum absolute atomic E-state index is 7.09. The molecule has 0 spiro atoms. The summed E-state index contributed by atoms with van der Waals surface area (Å²) >= 11 is 0. The zero-order valence-corrected chi connectivity index (χ0v) is 24.7. The van der Waals surface area contributed by atoms with E-state index in [4.69, 9.17) is 11.5 Å². The van der Waals surface area contributed by atoms with E-state index in [0.29, 0.717) is 11.4 Å². The minimum atomic E-state index is 0.683. The van der Waals surface area contributed by atoms with Gasteiger partial charge < -0.3 is 11.5 Å². The van der Waals surface area contributed by atoms with Crippen LogP contribution in [0.3, 0.4) is 0 Å². The molecule has 0 aliphatic heterocycles. The van der Waals surface area contributed by atoms with Gasteiger partial charge in [-0.15, -0.1) is 0 Å². The van der Waals surface area contributed by atoms with Crippen LogP contribution in [0.5, 0.6) is 0 Å². The fraction of sp³-hybridized carbons (Fsp3) is 0.100. The molecule has 0 saturated heterocycles. The highest BCUT2D eigenvalue weighted by molar-refractivity contribution is 6.03. The van der Waals surface area contributed by atoms with E-state index in [1.807, 2.05) is 0 Å². The highest BCUT2D eigenvalue weighted by atomic mass is 14.6. The Morgan fingerprint density at radius 3 is 1.02 bits per heavy atom. The third-order valence-corrected chi connectivity index (χ3v) is 8.12. The molecule has 6 aromatic carbocycles. The van der Waals surface area contributed by atoms with Crippen LogP contribution in [0.1, 0.15) is 22.3 Å². The summed E-state index contributed by atoms with van der Waals surface area (Å²) in [5, 5.41) is 0. The molecule has 0 unspecified atom stereocenters. The van der Waals surface area contributed by atoms with E-state index >= 15 is 0 Å². The fourth-order valence-corrected chi connectivity index (χ4v) is 5.56. The topological polar surface area (TPSA) is 52.0 Å². The van der Waals surface area contributed by atoms with Gasteiger partial charge in [-0.1, -0.05) is 119 Å². The van der Waals surface area contributed by atoms with E-state index < -0.39 is 0 Å². The number of nitrogens with two attached hydrogens (primary N) is 2. The Labute approximate surface area is 249 Å². The summed E-state index contributed by atoms with van der Waals surface area (Å²) in [6.45, 7) is 8.43. The molecule has 0 aliphatic carbocycles. The van der Waals surface area contributed by atoms with Crippen LogP contribution in [0.4, 0.5) is 11.4 Å². The highest BCUT2D eigenvalue weighted by Crippen LogP contribution is 2.46. The van der Waals surface area contributed by atoms with Gasteiger partial charge in [0.1, 0.15) is 0 Å². The van der Waals surface area contributed by atoms with Crippen molar-refractivity contribution in [3.63, 3.8) is 0 Å². The first-order valence-electron chi connectivity index (χ1n) is 14.4. The zero-order valence-electron chi connectivity index (χ0n) is 24.7. The summed E-state index contributed by atoms with van der Waals surface area (Å²) in [5.74, 6) is 0. The van der Waals surface area contributed by atoms with E-state index in [1.165, 1.54) is 33.4 Å². The Morgan fingerprint density at radius 2 is 0.619 bits per heavy atom. The number of benzene rings is 6. The Kier molecular flexibility index (Phi) is 7.14. The van der Waals surface area contributed by atoms with Gasteiger partial charge in [-0.3, -0.25) is 0 Å². The van der Waals surface area contributed by atoms with E-state index in [1.54, 1.807) is 0 Å². The van der Waals surface area contributed by atoms with Crippen molar-refractivity contribution >= 4 is 11.4 Å². The van der Waals surface area contributed by atoms with Gasteiger partial charge in [-0.2, -0.15) is 0 Å². The number of nitrogen functional groups attached to an aromatic ring is 2. The maximum Gasteiger partial charge on any atom is 0.0494 e. The summed E-state index contributed by atoms with van der Waals surface area (Å²) in [7, 11) is 0. The van der Waals surface area contributed by atoms with Gasteiger partial charge in [-0.25, -0.2) is 0 Å². The van der Waals surface area contributed by atoms with E-state index in [2.05, 4.69) is 149 Å². The van der Waals surface area contributed by atoms with Gasteiger partial charge in [0.25, 0.3) is 0 Å². The Hall–Kier alpha value is -5.08. The first-order valence-corrected chi connectivity index (χ1v) is 14.4. The summed E-state index contributed by atoms with van der Waals surface area (Å²) in [6.07, 6.45) is 0. The number of hydrogen-bond donors (Lipinski definition) is 2. The smallest absolute Gasteiger partial charge is 0.0494 e. The number of aryl methyl sites for hydroxylation is 4. The van der Waals surface area contributed by atoms with Crippen LogP contribution in [0.2, 0.25) is 0 Å². The molecule has 206 valence electrons. The predicted octanol–water partition coefficient (Wildman–Crippen LogP) is 10.4.